The minimum atomic E-state index is -0.226. The van der Waals surface area contributed by atoms with Crippen molar-refractivity contribution in [1.29, 1.82) is 0 Å². The van der Waals surface area contributed by atoms with Crippen LogP contribution in [-0.2, 0) is 0 Å². The van der Waals surface area contributed by atoms with Gasteiger partial charge in [0.1, 0.15) is 11.5 Å². The molecule has 5 nitrogen and oxygen atoms in total. The van der Waals surface area contributed by atoms with E-state index in [4.69, 9.17) is 14.6 Å². The van der Waals surface area contributed by atoms with E-state index in [1.807, 2.05) is 78.9 Å². The molecule has 1 aromatic heterocycles. The first-order valence-electron chi connectivity index (χ1n) is 9.19. The predicted molar refractivity (Wildman–Crippen MR) is 114 cm³/mol. The summed E-state index contributed by atoms with van der Waals surface area (Å²) in [6, 6.07) is 26.3. The van der Waals surface area contributed by atoms with Crippen LogP contribution in [0.3, 0.4) is 0 Å². The lowest BCUT2D eigenvalue weighted by Gasteiger charge is -2.15. The fourth-order valence-corrected chi connectivity index (χ4v) is 3.25. The normalized spacial score (nSPS) is 10.6. The van der Waals surface area contributed by atoms with Crippen LogP contribution in [0.4, 0.5) is 0 Å². The average Bonchev–Trinajstić information content (AvgIpc) is 2.79. The van der Waals surface area contributed by atoms with E-state index in [0.717, 1.165) is 11.1 Å². The Morgan fingerprint density at radius 1 is 0.759 bits per heavy atom. The lowest BCUT2D eigenvalue weighted by atomic mass is 9.99. The monoisotopic (exact) mass is 384 g/mol. The van der Waals surface area contributed by atoms with Crippen molar-refractivity contribution < 1.29 is 9.47 Å². The first-order valence-corrected chi connectivity index (χ1v) is 9.19. The van der Waals surface area contributed by atoms with Gasteiger partial charge in [0.2, 0.25) is 0 Å². The molecule has 29 heavy (non-hydrogen) atoms. The van der Waals surface area contributed by atoms with E-state index >= 15 is 0 Å². The van der Waals surface area contributed by atoms with E-state index in [1.54, 1.807) is 20.3 Å². The summed E-state index contributed by atoms with van der Waals surface area (Å²) >= 11 is 0. The molecular weight excluding hydrogens is 364 g/mol. The van der Waals surface area contributed by atoms with Gasteiger partial charge < -0.3 is 9.47 Å². The van der Waals surface area contributed by atoms with Crippen LogP contribution in [-0.4, -0.2) is 24.0 Å². The van der Waals surface area contributed by atoms with E-state index in [9.17, 15) is 4.79 Å². The molecule has 3 aromatic carbocycles. The van der Waals surface area contributed by atoms with E-state index in [-0.39, 0.29) is 5.56 Å². The SMILES string of the molecule is COc1ccc(OC)c(-c2cc(=O)n(-c3ccccc3)nc2-c2ccccc2)c1. The Morgan fingerprint density at radius 3 is 2.10 bits per heavy atom. The number of ether oxygens (including phenoxy) is 2. The topological polar surface area (TPSA) is 53.4 Å². The smallest absolute Gasteiger partial charge is 0.272 e. The molecule has 0 aliphatic rings. The zero-order valence-corrected chi connectivity index (χ0v) is 16.2. The lowest BCUT2D eigenvalue weighted by molar-refractivity contribution is 0.404. The minimum Gasteiger partial charge on any atom is -0.497 e. The van der Waals surface area contributed by atoms with E-state index < -0.39 is 0 Å². The third-order valence-corrected chi connectivity index (χ3v) is 4.68. The summed E-state index contributed by atoms with van der Waals surface area (Å²) in [6.07, 6.45) is 0. The van der Waals surface area contributed by atoms with Gasteiger partial charge in [-0.25, -0.2) is 0 Å². The molecule has 4 rings (SSSR count). The molecule has 0 fully saturated rings. The highest BCUT2D eigenvalue weighted by molar-refractivity contribution is 5.84. The third-order valence-electron chi connectivity index (χ3n) is 4.68. The van der Waals surface area contributed by atoms with Crippen LogP contribution < -0.4 is 15.0 Å². The average molecular weight is 384 g/mol. The van der Waals surface area contributed by atoms with Crippen molar-refractivity contribution in [2.45, 2.75) is 0 Å². The summed E-state index contributed by atoms with van der Waals surface area (Å²) in [5, 5.41) is 4.73. The Kier molecular flexibility index (Phi) is 5.12. The van der Waals surface area contributed by atoms with Gasteiger partial charge in [0.25, 0.3) is 5.56 Å². The van der Waals surface area contributed by atoms with Gasteiger partial charge in [-0.05, 0) is 30.3 Å². The standard InChI is InChI=1S/C24H20N2O3/c1-28-19-13-14-22(29-2)20(15-19)21-16-23(27)26(18-11-7-4-8-12-18)25-24(21)17-9-5-3-6-10-17/h3-16H,1-2H3. The zero-order valence-electron chi connectivity index (χ0n) is 16.2. The van der Waals surface area contributed by atoms with Crippen LogP contribution in [0.25, 0.3) is 28.1 Å². The van der Waals surface area contributed by atoms with Crippen molar-refractivity contribution in [2.24, 2.45) is 0 Å². The van der Waals surface area contributed by atoms with Crippen molar-refractivity contribution in [1.82, 2.24) is 9.78 Å². The molecule has 0 atom stereocenters. The highest BCUT2D eigenvalue weighted by Crippen LogP contribution is 2.37. The van der Waals surface area contributed by atoms with Crippen molar-refractivity contribution in [3.8, 4) is 39.6 Å². The fourth-order valence-electron chi connectivity index (χ4n) is 3.25. The second-order valence-electron chi connectivity index (χ2n) is 6.42. The number of benzene rings is 3. The zero-order chi connectivity index (χ0) is 20.2. The fraction of sp³-hybridized carbons (Fsp3) is 0.0833. The molecule has 1 heterocycles. The number of aromatic nitrogens is 2. The van der Waals surface area contributed by atoms with Crippen LogP contribution >= 0.6 is 0 Å². The van der Waals surface area contributed by atoms with Crippen molar-refractivity contribution >= 4 is 0 Å². The van der Waals surface area contributed by atoms with Gasteiger partial charge in [-0.1, -0.05) is 48.5 Å². The van der Waals surface area contributed by atoms with Gasteiger partial charge in [-0.3, -0.25) is 4.79 Å². The first kappa shape index (κ1) is 18.5. The number of para-hydroxylation sites is 1. The van der Waals surface area contributed by atoms with Gasteiger partial charge in [-0.2, -0.15) is 9.78 Å². The van der Waals surface area contributed by atoms with Gasteiger partial charge >= 0.3 is 0 Å². The second kappa shape index (κ2) is 8.02. The highest BCUT2D eigenvalue weighted by atomic mass is 16.5. The predicted octanol–water partition coefficient (Wildman–Crippen LogP) is 4.58. The molecular formula is C24H20N2O3. The summed E-state index contributed by atoms with van der Waals surface area (Å²) in [5.74, 6) is 1.31. The third kappa shape index (κ3) is 3.62. The quantitative estimate of drug-likeness (QED) is 0.505. The number of nitrogens with zero attached hydrogens (tertiary/aromatic N) is 2. The molecule has 0 radical (unpaired) electrons. The van der Waals surface area contributed by atoms with Crippen molar-refractivity contribution in [3.63, 3.8) is 0 Å². The maximum atomic E-state index is 13.0. The molecule has 0 aliphatic heterocycles. The van der Waals surface area contributed by atoms with Crippen molar-refractivity contribution in [3.05, 3.63) is 95.3 Å². The van der Waals surface area contributed by atoms with Crippen LogP contribution in [0.5, 0.6) is 11.5 Å². The number of rotatable bonds is 5. The Hall–Kier alpha value is -3.86. The molecule has 0 saturated heterocycles. The van der Waals surface area contributed by atoms with Gasteiger partial charge in [0, 0.05) is 22.8 Å². The van der Waals surface area contributed by atoms with Crippen LogP contribution in [0.15, 0.2) is 89.7 Å². The molecule has 144 valence electrons. The number of hydrogen-bond donors (Lipinski definition) is 0. The first-order chi connectivity index (χ1) is 14.2. The van der Waals surface area contributed by atoms with E-state index in [2.05, 4.69) is 0 Å². The summed E-state index contributed by atoms with van der Waals surface area (Å²) < 4.78 is 12.4. The van der Waals surface area contributed by atoms with Gasteiger partial charge in [0.05, 0.1) is 25.6 Å². The van der Waals surface area contributed by atoms with Crippen LogP contribution in [0.2, 0.25) is 0 Å². The van der Waals surface area contributed by atoms with E-state index in [1.165, 1.54) is 4.68 Å². The summed E-state index contributed by atoms with van der Waals surface area (Å²) in [5.41, 5.74) is 3.49. The lowest BCUT2D eigenvalue weighted by Crippen LogP contribution is -2.21. The largest absolute Gasteiger partial charge is 0.497 e. The Bertz CT molecular complexity index is 1190. The summed E-state index contributed by atoms with van der Waals surface area (Å²) in [4.78, 5) is 13.0. The van der Waals surface area contributed by atoms with Crippen molar-refractivity contribution in [2.75, 3.05) is 14.2 Å². The van der Waals surface area contributed by atoms with Crippen LogP contribution in [0, 0.1) is 0 Å². The molecule has 4 aromatic rings. The molecule has 0 saturated carbocycles. The molecule has 0 bridgehead atoms. The Morgan fingerprint density at radius 2 is 1.45 bits per heavy atom. The summed E-state index contributed by atoms with van der Waals surface area (Å²) in [7, 11) is 3.21. The maximum Gasteiger partial charge on any atom is 0.272 e. The molecule has 5 heteroatoms. The minimum absolute atomic E-state index is 0.226. The molecule has 0 amide bonds. The molecule has 0 aliphatic carbocycles. The Balaban J connectivity index is 2.02. The molecule has 0 N–H and O–H groups in total. The van der Waals surface area contributed by atoms with Gasteiger partial charge in [-0.15, -0.1) is 0 Å². The number of methoxy groups -OCH3 is 2. The maximum absolute atomic E-state index is 13.0. The second-order valence-corrected chi connectivity index (χ2v) is 6.42. The van der Waals surface area contributed by atoms with Crippen LogP contribution in [0.1, 0.15) is 0 Å². The molecule has 0 unspecified atom stereocenters. The summed E-state index contributed by atoms with van der Waals surface area (Å²) in [6.45, 7) is 0. The molecule has 0 spiro atoms. The highest BCUT2D eigenvalue weighted by Gasteiger charge is 2.17. The Labute approximate surface area is 168 Å². The van der Waals surface area contributed by atoms with Gasteiger partial charge in [0.15, 0.2) is 0 Å². The van der Waals surface area contributed by atoms with E-state index in [0.29, 0.717) is 28.4 Å². The number of hydrogen-bond acceptors (Lipinski definition) is 4.